The van der Waals surface area contributed by atoms with Crippen LogP contribution in [-0.4, -0.2) is 38.5 Å². The molecule has 0 saturated carbocycles. The van der Waals surface area contributed by atoms with Gasteiger partial charge < -0.3 is 11.1 Å². The van der Waals surface area contributed by atoms with Gasteiger partial charge in [-0.05, 0) is 26.0 Å². The molecule has 23 heavy (non-hydrogen) atoms. The molecule has 0 aliphatic carbocycles. The Hall–Kier alpha value is -2.80. The third kappa shape index (κ3) is 2.78. The lowest BCUT2D eigenvalue weighted by Gasteiger charge is -2.10. The monoisotopic (exact) mass is 310 g/mol. The molecule has 118 valence electrons. The molecule has 0 aliphatic heterocycles. The molecule has 3 rings (SSSR count). The van der Waals surface area contributed by atoms with Crippen LogP contribution in [0.2, 0.25) is 0 Å². The Balaban J connectivity index is 2.03. The highest BCUT2D eigenvalue weighted by atomic mass is 16.2. The van der Waals surface area contributed by atoms with E-state index in [2.05, 4.69) is 20.6 Å². The number of para-hydroxylation sites is 1. The van der Waals surface area contributed by atoms with E-state index in [9.17, 15) is 4.79 Å². The standard InChI is InChI=1S/C16H18N6O/c1-10(9-17)19-16(23)14-11(2)22(21-20-14)13-7-3-5-12-6-4-8-18-15(12)13/h3-8,10H,9,17H2,1-2H3,(H,19,23)/t10-/m0/s1. The van der Waals surface area contributed by atoms with Gasteiger partial charge in [-0.15, -0.1) is 5.10 Å². The summed E-state index contributed by atoms with van der Waals surface area (Å²) in [4.78, 5) is 16.7. The smallest absolute Gasteiger partial charge is 0.274 e. The molecule has 0 radical (unpaired) electrons. The number of hydrogen-bond donors (Lipinski definition) is 2. The first kappa shape index (κ1) is 15.1. The van der Waals surface area contributed by atoms with Gasteiger partial charge in [-0.25, -0.2) is 4.68 Å². The van der Waals surface area contributed by atoms with Gasteiger partial charge >= 0.3 is 0 Å². The number of rotatable bonds is 4. The van der Waals surface area contributed by atoms with Crippen LogP contribution in [0.1, 0.15) is 23.1 Å². The number of hydrogen-bond acceptors (Lipinski definition) is 5. The van der Waals surface area contributed by atoms with E-state index in [-0.39, 0.29) is 11.9 Å². The van der Waals surface area contributed by atoms with Gasteiger partial charge in [0.05, 0.1) is 16.9 Å². The van der Waals surface area contributed by atoms with Crippen molar-refractivity contribution in [2.24, 2.45) is 5.73 Å². The zero-order valence-electron chi connectivity index (χ0n) is 13.0. The van der Waals surface area contributed by atoms with Crippen LogP contribution < -0.4 is 11.1 Å². The average molecular weight is 310 g/mol. The van der Waals surface area contributed by atoms with E-state index in [1.165, 1.54) is 0 Å². The molecule has 0 aliphatic rings. The van der Waals surface area contributed by atoms with Crippen molar-refractivity contribution < 1.29 is 4.79 Å². The minimum atomic E-state index is -0.278. The Morgan fingerprint density at radius 3 is 2.91 bits per heavy atom. The number of carbonyl (C=O) groups excluding carboxylic acids is 1. The maximum atomic E-state index is 12.2. The summed E-state index contributed by atoms with van der Waals surface area (Å²) >= 11 is 0. The van der Waals surface area contributed by atoms with Crippen molar-refractivity contribution in [2.45, 2.75) is 19.9 Å². The molecule has 1 atom stereocenters. The fourth-order valence-corrected chi connectivity index (χ4v) is 2.38. The number of amides is 1. The molecule has 7 heteroatoms. The number of fused-ring (bicyclic) bond motifs is 1. The first-order valence-corrected chi connectivity index (χ1v) is 7.39. The molecule has 3 N–H and O–H groups in total. The Morgan fingerprint density at radius 2 is 2.13 bits per heavy atom. The van der Waals surface area contributed by atoms with E-state index >= 15 is 0 Å². The van der Waals surface area contributed by atoms with Gasteiger partial charge in [-0.2, -0.15) is 0 Å². The van der Waals surface area contributed by atoms with Crippen molar-refractivity contribution in [3.05, 3.63) is 47.9 Å². The topological polar surface area (TPSA) is 98.7 Å². The summed E-state index contributed by atoms with van der Waals surface area (Å²) in [5, 5.41) is 11.9. The van der Waals surface area contributed by atoms with Crippen LogP contribution >= 0.6 is 0 Å². The molecule has 0 unspecified atom stereocenters. The zero-order chi connectivity index (χ0) is 16.4. The first-order chi connectivity index (χ1) is 11.1. The van der Waals surface area contributed by atoms with Crippen LogP contribution in [0.25, 0.3) is 16.6 Å². The molecule has 1 amide bonds. The maximum absolute atomic E-state index is 12.2. The fraction of sp³-hybridized carbons (Fsp3) is 0.250. The number of nitrogens with zero attached hydrogens (tertiary/aromatic N) is 4. The molecule has 0 fully saturated rings. The number of pyridine rings is 1. The number of carbonyl (C=O) groups is 1. The normalized spacial score (nSPS) is 12.3. The Kier molecular flexibility index (Phi) is 4.03. The number of benzene rings is 1. The highest BCUT2D eigenvalue weighted by molar-refractivity contribution is 5.94. The van der Waals surface area contributed by atoms with E-state index in [1.807, 2.05) is 44.2 Å². The van der Waals surface area contributed by atoms with Gasteiger partial charge in [0.25, 0.3) is 5.91 Å². The second-order valence-electron chi connectivity index (χ2n) is 5.40. The molecule has 2 heterocycles. The minimum absolute atomic E-state index is 0.119. The predicted octanol–water partition coefficient (Wildman–Crippen LogP) is 1.20. The molecule has 3 aromatic rings. The summed E-state index contributed by atoms with van der Waals surface area (Å²) in [5.41, 5.74) is 8.08. The van der Waals surface area contributed by atoms with Gasteiger partial charge in [0.1, 0.15) is 0 Å². The maximum Gasteiger partial charge on any atom is 0.274 e. The van der Waals surface area contributed by atoms with Crippen LogP contribution in [0, 0.1) is 6.92 Å². The lowest BCUT2D eigenvalue weighted by molar-refractivity contribution is 0.0935. The molecule has 0 bridgehead atoms. The lowest BCUT2D eigenvalue weighted by Crippen LogP contribution is -2.38. The molecule has 0 saturated heterocycles. The third-order valence-electron chi connectivity index (χ3n) is 3.68. The van der Waals surface area contributed by atoms with Crippen molar-refractivity contribution in [3.63, 3.8) is 0 Å². The van der Waals surface area contributed by atoms with Crippen LogP contribution in [0.5, 0.6) is 0 Å². The molecule has 0 spiro atoms. The van der Waals surface area contributed by atoms with Crippen LogP contribution in [0.4, 0.5) is 0 Å². The molecular weight excluding hydrogens is 292 g/mol. The second kappa shape index (κ2) is 6.13. The first-order valence-electron chi connectivity index (χ1n) is 7.39. The van der Waals surface area contributed by atoms with Crippen molar-refractivity contribution in [2.75, 3.05) is 6.54 Å². The molecular formula is C16H18N6O. The SMILES string of the molecule is Cc1c(C(=O)N[C@@H](C)CN)nnn1-c1cccc2cccnc12. The predicted molar refractivity (Wildman–Crippen MR) is 87.4 cm³/mol. The van der Waals surface area contributed by atoms with Crippen molar-refractivity contribution in [1.82, 2.24) is 25.3 Å². The molecule has 7 nitrogen and oxygen atoms in total. The largest absolute Gasteiger partial charge is 0.347 e. The highest BCUT2D eigenvalue weighted by Crippen LogP contribution is 2.21. The summed E-state index contributed by atoms with van der Waals surface area (Å²) in [6.07, 6.45) is 1.73. The fourth-order valence-electron chi connectivity index (χ4n) is 2.38. The highest BCUT2D eigenvalue weighted by Gasteiger charge is 2.19. The molecule has 1 aromatic carbocycles. The van der Waals surface area contributed by atoms with E-state index in [0.717, 1.165) is 16.6 Å². The van der Waals surface area contributed by atoms with Crippen LogP contribution in [0.15, 0.2) is 36.5 Å². The van der Waals surface area contributed by atoms with Gasteiger partial charge in [0.15, 0.2) is 5.69 Å². The average Bonchev–Trinajstić information content (AvgIpc) is 2.95. The second-order valence-corrected chi connectivity index (χ2v) is 5.40. The summed E-state index contributed by atoms with van der Waals surface area (Å²) in [6.45, 7) is 4.02. The van der Waals surface area contributed by atoms with Crippen molar-refractivity contribution >= 4 is 16.8 Å². The zero-order valence-corrected chi connectivity index (χ0v) is 13.0. The quantitative estimate of drug-likeness (QED) is 0.754. The summed E-state index contributed by atoms with van der Waals surface area (Å²) < 4.78 is 1.64. The van der Waals surface area contributed by atoms with Crippen molar-refractivity contribution in [1.29, 1.82) is 0 Å². The van der Waals surface area contributed by atoms with Crippen molar-refractivity contribution in [3.8, 4) is 5.69 Å². The van der Waals surface area contributed by atoms with Gasteiger partial charge in [0, 0.05) is 24.2 Å². The number of nitrogens with one attached hydrogen (secondary N) is 1. The summed E-state index contributed by atoms with van der Waals surface area (Å²) in [6, 6.07) is 9.56. The van der Waals surface area contributed by atoms with E-state index in [0.29, 0.717) is 17.9 Å². The number of nitrogens with two attached hydrogens (primary N) is 1. The minimum Gasteiger partial charge on any atom is -0.347 e. The van der Waals surface area contributed by atoms with Gasteiger partial charge in [-0.3, -0.25) is 9.78 Å². The Labute approximate surface area is 133 Å². The third-order valence-corrected chi connectivity index (χ3v) is 3.68. The van der Waals surface area contributed by atoms with E-state index < -0.39 is 0 Å². The van der Waals surface area contributed by atoms with Gasteiger partial charge in [0.2, 0.25) is 0 Å². The number of aromatic nitrogens is 4. The summed E-state index contributed by atoms with van der Waals surface area (Å²) in [5.74, 6) is -0.278. The summed E-state index contributed by atoms with van der Waals surface area (Å²) in [7, 11) is 0. The van der Waals surface area contributed by atoms with Crippen LogP contribution in [0.3, 0.4) is 0 Å². The van der Waals surface area contributed by atoms with E-state index in [1.54, 1.807) is 10.9 Å². The lowest BCUT2D eigenvalue weighted by atomic mass is 10.2. The van der Waals surface area contributed by atoms with Gasteiger partial charge in [-0.1, -0.05) is 23.4 Å². The Bertz CT molecular complexity index is 851. The van der Waals surface area contributed by atoms with Crippen LogP contribution in [-0.2, 0) is 0 Å². The molecule has 2 aromatic heterocycles. The Morgan fingerprint density at radius 1 is 1.35 bits per heavy atom. The van der Waals surface area contributed by atoms with E-state index in [4.69, 9.17) is 5.73 Å².